The van der Waals surface area contributed by atoms with E-state index in [9.17, 15) is 26.4 Å². The fourth-order valence-electron chi connectivity index (χ4n) is 6.02. The van der Waals surface area contributed by atoms with Crippen LogP contribution in [0.2, 0.25) is 0 Å². The van der Waals surface area contributed by atoms with Gasteiger partial charge in [-0.1, -0.05) is 109 Å². The highest BCUT2D eigenvalue weighted by atomic mass is 79.9. The zero-order valence-electron chi connectivity index (χ0n) is 30.7. The first-order valence-electron chi connectivity index (χ1n) is 17.5. The lowest BCUT2D eigenvalue weighted by atomic mass is 10.0. The fourth-order valence-corrected chi connectivity index (χ4v) is 8.36. The predicted molar refractivity (Wildman–Crippen MR) is 240 cm³/mol. The third-order valence-electron chi connectivity index (χ3n) is 8.62. The highest BCUT2D eigenvalue weighted by molar-refractivity contribution is 9.11. The number of nitrogens with zero attached hydrogens (tertiary/aromatic N) is 1. The van der Waals surface area contributed by atoms with Gasteiger partial charge in [0.2, 0.25) is 10.0 Å². The minimum absolute atomic E-state index is 0.218. The molecule has 300 valence electrons. The zero-order valence-corrected chi connectivity index (χ0v) is 35.5. The summed E-state index contributed by atoms with van der Waals surface area (Å²) in [5, 5.41) is 21.3. The molecule has 0 aliphatic heterocycles. The fraction of sp³-hybridized carbons (Fsp3) is 0.0238. The Morgan fingerprint density at radius 3 is 1.56 bits per heavy atom. The first-order valence-corrected chi connectivity index (χ1v) is 22.3. The molecule has 59 heavy (non-hydrogen) atoms. The Morgan fingerprint density at radius 2 is 0.983 bits per heavy atom. The van der Waals surface area contributed by atoms with Crippen molar-refractivity contribution in [2.45, 2.75) is 10.3 Å². The van der Waals surface area contributed by atoms with Gasteiger partial charge in [-0.15, -0.1) is 0 Å². The maximum absolute atomic E-state index is 12.6. The second-order valence-electron chi connectivity index (χ2n) is 12.7. The van der Waals surface area contributed by atoms with Gasteiger partial charge in [0.15, 0.2) is 5.03 Å². The van der Waals surface area contributed by atoms with E-state index in [1.54, 1.807) is 97.1 Å². The number of amides is 4. The van der Waals surface area contributed by atoms with Crippen molar-refractivity contribution in [2.24, 2.45) is 10.3 Å². The molecule has 0 saturated heterocycles. The number of nitrogens with one attached hydrogen (secondary N) is 4. The molecule has 0 spiro atoms. The summed E-state index contributed by atoms with van der Waals surface area (Å²) in [5.74, 6) is 0. The Balaban J connectivity index is 0.000000199. The summed E-state index contributed by atoms with van der Waals surface area (Å²) in [6.45, 7) is 0. The molecule has 6 aromatic carbocycles. The Bertz CT molecular complexity index is 2890. The first-order chi connectivity index (χ1) is 28.2. The molecular formula is C42H35Br2N7O6S2. The number of pyridine rings is 1. The van der Waals surface area contributed by atoms with Crippen LogP contribution in [0.15, 0.2) is 172 Å². The van der Waals surface area contributed by atoms with Gasteiger partial charge in [0, 0.05) is 31.1 Å². The van der Waals surface area contributed by atoms with Crippen LogP contribution in [0, 0.1) is 0 Å². The molecule has 0 aliphatic carbocycles. The van der Waals surface area contributed by atoms with Crippen LogP contribution in [0.1, 0.15) is 16.4 Å². The molecule has 0 saturated carbocycles. The number of benzene rings is 6. The van der Waals surface area contributed by atoms with E-state index in [4.69, 9.17) is 10.3 Å². The van der Waals surface area contributed by atoms with E-state index in [0.717, 1.165) is 14.3 Å². The van der Waals surface area contributed by atoms with Gasteiger partial charge in [-0.3, -0.25) is 0 Å². The van der Waals surface area contributed by atoms with Crippen molar-refractivity contribution in [1.29, 1.82) is 0 Å². The summed E-state index contributed by atoms with van der Waals surface area (Å²) < 4.78 is 49.8. The number of hydrogen-bond acceptors (Lipinski definition) is 7. The number of halogens is 2. The number of nitrogens with two attached hydrogens (primary N) is 2. The van der Waals surface area contributed by atoms with Gasteiger partial charge in [-0.2, -0.15) is 0 Å². The summed E-state index contributed by atoms with van der Waals surface area (Å²) in [6, 6.07) is 44.6. The maximum Gasteiger partial charge on any atom is 0.323 e. The molecule has 7 aromatic rings. The summed E-state index contributed by atoms with van der Waals surface area (Å²) in [5.41, 5.74) is 4.84. The quantitative estimate of drug-likeness (QED) is 0.0823. The molecule has 17 heteroatoms. The molecule has 4 amide bonds. The summed E-state index contributed by atoms with van der Waals surface area (Å²) in [6.07, 6.45) is 0. The highest BCUT2D eigenvalue weighted by Gasteiger charge is 2.28. The van der Waals surface area contributed by atoms with E-state index in [1.807, 2.05) is 54.6 Å². The summed E-state index contributed by atoms with van der Waals surface area (Å²) >= 11 is 6.77. The normalized spacial score (nSPS) is 11.7. The van der Waals surface area contributed by atoms with Gasteiger partial charge in [0.05, 0.1) is 22.6 Å². The third kappa shape index (κ3) is 11.0. The van der Waals surface area contributed by atoms with Crippen LogP contribution in [0.4, 0.5) is 32.3 Å². The molecule has 1 atom stereocenters. The number of carbonyl (C=O) groups is 2. The van der Waals surface area contributed by atoms with Crippen molar-refractivity contribution in [3.05, 3.63) is 178 Å². The number of primary sulfonamides is 2. The van der Waals surface area contributed by atoms with Crippen LogP contribution in [0.25, 0.3) is 22.0 Å². The van der Waals surface area contributed by atoms with Crippen LogP contribution in [0.5, 0.6) is 0 Å². The van der Waals surface area contributed by atoms with Crippen LogP contribution in [-0.4, -0.2) is 33.9 Å². The minimum atomic E-state index is -3.97. The number of carbonyl (C=O) groups excluding carboxylic acids is 2. The molecule has 1 aromatic heterocycles. The lowest BCUT2D eigenvalue weighted by molar-refractivity contribution is 0.261. The standard InChI is InChI=1S/C22H17BrN4O3S.C20H18BrN3O3S/c23-17-9-2-4-11-19(17)26-22(28)25-18-10-3-1-7-15(18)16-8-5-6-14-12-13-20(27-21(14)16)31(24,29)30;21-16-11-5-7-13-18(16)24-20(25)23-17-12-6-4-10-15(17)19(28(22,26)27)14-8-2-1-3-9-14/h1-13H,(H2,24,29,30)(H2,25,26,28);1-13,19H,(H2,22,26,27)(H2,23,24,25). The molecule has 0 aliphatic rings. The lowest BCUT2D eigenvalue weighted by Gasteiger charge is -2.20. The molecule has 0 fully saturated rings. The van der Waals surface area contributed by atoms with E-state index < -0.39 is 37.4 Å². The zero-order chi connectivity index (χ0) is 42.2. The predicted octanol–water partition coefficient (Wildman–Crippen LogP) is 9.43. The van der Waals surface area contributed by atoms with Gasteiger partial charge in [0.1, 0.15) is 5.25 Å². The largest absolute Gasteiger partial charge is 0.323 e. The van der Waals surface area contributed by atoms with Crippen LogP contribution in [-0.2, 0) is 20.0 Å². The van der Waals surface area contributed by atoms with Crippen molar-refractivity contribution >= 4 is 97.6 Å². The second-order valence-corrected chi connectivity index (χ2v) is 17.6. The third-order valence-corrected chi connectivity index (χ3v) is 12.0. The van der Waals surface area contributed by atoms with Crippen molar-refractivity contribution < 1.29 is 26.4 Å². The lowest BCUT2D eigenvalue weighted by Crippen LogP contribution is -2.25. The topological polar surface area (TPSA) is 215 Å². The molecule has 0 radical (unpaired) electrons. The second kappa shape index (κ2) is 18.8. The van der Waals surface area contributed by atoms with E-state index in [1.165, 1.54) is 6.07 Å². The summed E-state index contributed by atoms with van der Waals surface area (Å²) in [4.78, 5) is 29.4. The van der Waals surface area contributed by atoms with Gasteiger partial charge in [-0.05, 0) is 91.5 Å². The minimum Gasteiger partial charge on any atom is -0.307 e. The number of urea groups is 2. The molecular weight excluding hydrogens is 922 g/mol. The number of anilines is 4. The van der Waals surface area contributed by atoms with E-state index in [-0.39, 0.29) is 5.03 Å². The molecule has 0 bridgehead atoms. The Morgan fingerprint density at radius 1 is 0.508 bits per heavy atom. The molecule has 8 N–H and O–H groups in total. The Hall–Kier alpha value is -5.95. The van der Waals surface area contributed by atoms with Crippen LogP contribution >= 0.6 is 31.9 Å². The highest BCUT2D eigenvalue weighted by Crippen LogP contribution is 2.35. The number of para-hydroxylation sites is 5. The van der Waals surface area contributed by atoms with Gasteiger partial charge < -0.3 is 21.3 Å². The van der Waals surface area contributed by atoms with Gasteiger partial charge >= 0.3 is 12.1 Å². The summed E-state index contributed by atoms with van der Waals surface area (Å²) in [7, 11) is -7.93. The number of sulfonamides is 2. The number of aromatic nitrogens is 1. The SMILES string of the molecule is NS(=O)(=O)C(c1ccccc1)c1ccccc1NC(=O)Nc1ccccc1Br.NS(=O)(=O)c1ccc2cccc(-c3ccccc3NC(=O)Nc3ccccc3Br)c2n1. The van der Waals surface area contributed by atoms with Crippen LogP contribution in [0.3, 0.4) is 0 Å². The monoisotopic (exact) mass is 955 g/mol. The average molecular weight is 958 g/mol. The van der Waals surface area contributed by atoms with Gasteiger partial charge in [0.25, 0.3) is 10.0 Å². The molecule has 13 nitrogen and oxygen atoms in total. The molecule has 1 unspecified atom stereocenters. The van der Waals surface area contributed by atoms with E-state index >= 15 is 0 Å². The van der Waals surface area contributed by atoms with Crippen molar-refractivity contribution in [3.8, 4) is 11.1 Å². The molecule has 1 heterocycles. The van der Waals surface area contributed by atoms with Crippen LogP contribution < -0.4 is 31.5 Å². The first kappa shape index (κ1) is 42.7. The van der Waals surface area contributed by atoms with Gasteiger partial charge in [-0.25, -0.2) is 41.7 Å². The Labute approximate surface area is 357 Å². The van der Waals surface area contributed by atoms with E-state index in [0.29, 0.717) is 50.5 Å². The van der Waals surface area contributed by atoms with Crippen molar-refractivity contribution in [3.63, 3.8) is 0 Å². The Kier molecular flexibility index (Phi) is 13.6. The number of fused-ring (bicyclic) bond motifs is 1. The maximum atomic E-state index is 12.6. The smallest absolute Gasteiger partial charge is 0.307 e. The number of rotatable bonds is 9. The van der Waals surface area contributed by atoms with Crippen molar-refractivity contribution in [2.75, 3.05) is 21.3 Å². The number of hydrogen-bond donors (Lipinski definition) is 6. The average Bonchev–Trinajstić information content (AvgIpc) is 3.20. The molecule has 7 rings (SSSR count). The van der Waals surface area contributed by atoms with E-state index in [2.05, 4.69) is 58.1 Å². The van der Waals surface area contributed by atoms with Crippen molar-refractivity contribution in [1.82, 2.24) is 4.98 Å².